The molecule has 0 radical (unpaired) electrons. The molecule has 0 aliphatic carbocycles. The van der Waals surface area contributed by atoms with Crippen LogP contribution in [0.2, 0.25) is 0 Å². The van der Waals surface area contributed by atoms with Gasteiger partial charge in [-0.25, -0.2) is 4.98 Å². The number of hydrogen-bond donors (Lipinski definition) is 1. The lowest BCUT2D eigenvalue weighted by Gasteiger charge is -2.15. The molecule has 1 atom stereocenters. The first kappa shape index (κ1) is 11.1. The van der Waals surface area contributed by atoms with Gasteiger partial charge in [0.05, 0.1) is 6.54 Å². The summed E-state index contributed by atoms with van der Waals surface area (Å²) in [6, 6.07) is 7.72. The van der Waals surface area contributed by atoms with Crippen LogP contribution in [-0.4, -0.2) is 20.8 Å². The van der Waals surface area contributed by atoms with Gasteiger partial charge >= 0.3 is 0 Å². The van der Waals surface area contributed by atoms with Crippen molar-refractivity contribution < 1.29 is 0 Å². The zero-order valence-corrected chi connectivity index (χ0v) is 9.54. The summed E-state index contributed by atoms with van der Waals surface area (Å²) in [6.45, 7) is 2.84. The Morgan fingerprint density at radius 2 is 2.41 bits per heavy atom. The van der Waals surface area contributed by atoms with Gasteiger partial charge in [0, 0.05) is 30.3 Å². The van der Waals surface area contributed by atoms with Gasteiger partial charge in [0.15, 0.2) is 0 Å². The molecule has 0 fully saturated rings. The fourth-order valence-corrected chi connectivity index (χ4v) is 1.60. The summed E-state index contributed by atoms with van der Waals surface area (Å²) < 4.78 is 1.87. The molecule has 2 heterocycles. The Labute approximate surface area is 99.7 Å². The second kappa shape index (κ2) is 5.12. The standard InChI is InChI=1S/C12H13N5/c1-10(9-17-6-2-4-15-17)16-11-3-5-14-12(7-11)8-13/h2-7,10H,9H2,1H3,(H,14,16). The molecule has 2 aromatic rings. The van der Waals surface area contributed by atoms with Crippen LogP contribution in [0.15, 0.2) is 36.8 Å². The highest BCUT2D eigenvalue weighted by Crippen LogP contribution is 2.09. The van der Waals surface area contributed by atoms with Crippen LogP contribution in [0, 0.1) is 11.3 Å². The van der Waals surface area contributed by atoms with Gasteiger partial charge in [-0.05, 0) is 25.1 Å². The Morgan fingerprint density at radius 1 is 1.53 bits per heavy atom. The van der Waals surface area contributed by atoms with E-state index in [4.69, 9.17) is 5.26 Å². The Bertz CT molecular complexity index is 512. The number of rotatable bonds is 4. The fourth-order valence-electron chi connectivity index (χ4n) is 1.60. The summed E-state index contributed by atoms with van der Waals surface area (Å²) >= 11 is 0. The summed E-state index contributed by atoms with van der Waals surface area (Å²) in [5, 5.41) is 16.2. The predicted molar refractivity (Wildman–Crippen MR) is 64.3 cm³/mol. The maximum absolute atomic E-state index is 8.75. The highest BCUT2D eigenvalue weighted by Gasteiger charge is 2.04. The molecule has 0 bridgehead atoms. The molecule has 0 aliphatic rings. The monoisotopic (exact) mass is 227 g/mol. The first-order chi connectivity index (χ1) is 8.28. The van der Waals surface area contributed by atoms with Gasteiger partial charge in [0.25, 0.3) is 0 Å². The minimum Gasteiger partial charge on any atom is -0.381 e. The maximum Gasteiger partial charge on any atom is 0.142 e. The average molecular weight is 227 g/mol. The van der Waals surface area contributed by atoms with Gasteiger partial charge in [-0.2, -0.15) is 10.4 Å². The molecular formula is C12H13N5. The molecule has 0 aliphatic heterocycles. The molecule has 86 valence electrons. The second-order valence-electron chi connectivity index (χ2n) is 3.82. The van der Waals surface area contributed by atoms with E-state index in [1.807, 2.05) is 29.1 Å². The van der Waals surface area contributed by atoms with Gasteiger partial charge in [-0.1, -0.05) is 0 Å². The Kier molecular flexibility index (Phi) is 3.36. The van der Waals surface area contributed by atoms with Crippen molar-refractivity contribution in [2.24, 2.45) is 0 Å². The van der Waals surface area contributed by atoms with Crippen LogP contribution in [0.5, 0.6) is 0 Å². The predicted octanol–water partition coefficient (Wildman–Crippen LogP) is 1.65. The highest BCUT2D eigenvalue weighted by atomic mass is 15.3. The Balaban J connectivity index is 1.98. The van der Waals surface area contributed by atoms with E-state index in [0.29, 0.717) is 5.69 Å². The first-order valence-corrected chi connectivity index (χ1v) is 5.38. The topological polar surface area (TPSA) is 66.5 Å². The van der Waals surface area contributed by atoms with Crippen molar-refractivity contribution >= 4 is 5.69 Å². The number of aromatic nitrogens is 3. The van der Waals surface area contributed by atoms with Crippen molar-refractivity contribution in [3.63, 3.8) is 0 Å². The van der Waals surface area contributed by atoms with Crippen molar-refractivity contribution in [1.82, 2.24) is 14.8 Å². The summed E-state index contributed by atoms with van der Waals surface area (Å²) in [7, 11) is 0. The number of pyridine rings is 1. The van der Waals surface area contributed by atoms with Crippen LogP contribution in [0.3, 0.4) is 0 Å². The first-order valence-electron chi connectivity index (χ1n) is 5.38. The van der Waals surface area contributed by atoms with Crippen LogP contribution < -0.4 is 5.32 Å². The zero-order chi connectivity index (χ0) is 12.1. The Hall–Kier alpha value is -2.35. The molecule has 2 rings (SSSR count). The van der Waals surface area contributed by atoms with Crippen LogP contribution in [0.25, 0.3) is 0 Å². The van der Waals surface area contributed by atoms with Crippen molar-refractivity contribution in [1.29, 1.82) is 5.26 Å². The van der Waals surface area contributed by atoms with E-state index in [0.717, 1.165) is 12.2 Å². The zero-order valence-electron chi connectivity index (χ0n) is 9.54. The quantitative estimate of drug-likeness (QED) is 0.862. The molecule has 1 N–H and O–H groups in total. The maximum atomic E-state index is 8.75. The van der Waals surface area contributed by atoms with E-state index in [1.165, 1.54) is 0 Å². The van der Waals surface area contributed by atoms with E-state index >= 15 is 0 Å². The van der Waals surface area contributed by atoms with E-state index in [1.54, 1.807) is 18.5 Å². The molecule has 17 heavy (non-hydrogen) atoms. The largest absolute Gasteiger partial charge is 0.381 e. The molecule has 0 saturated heterocycles. The summed E-state index contributed by atoms with van der Waals surface area (Å²) in [5.74, 6) is 0. The summed E-state index contributed by atoms with van der Waals surface area (Å²) in [6.07, 6.45) is 5.31. The number of nitrogens with zero attached hydrogens (tertiary/aromatic N) is 4. The van der Waals surface area contributed by atoms with Gasteiger partial charge in [-0.3, -0.25) is 4.68 Å². The van der Waals surface area contributed by atoms with E-state index in [9.17, 15) is 0 Å². The Morgan fingerprint density at radius 3 is 3.12 bits per heavy atom. The molecule has 5 heteroatoms. The molecule has 0 aromatic carbocycles. The van der Waals surface area contributed by atoms with Crippen LogP contribution in [0.4, 0.5) is 5.69 Å². The number of nitrogens with one attached hydrogen (secondary N) is 1. The molecule has 0 spiro atoms. The van der Waals surface area contributed by atoms with Gasteiger partial charge in [0.1, 0.15) is 11.8 Å². The molecule has 0 amide bonds. The molecule has 5 nitrogen and oxygen atoms in total. The third-order valence-corrected chi connectivity index (χ3v) is 2.31. The third kappa shape index (κ3) is 3.05. The van der Waals surface area contributed by atoms with Crippen molar-refractivity contribution in [3.05, 3.63) is 42.5 Å². The minimum atomic E-state index is 0.226. The van der Waals surface area contributed by atoms with E-state index in [-0.39, 0.29) is 6.04 Å². The highest BCUT2D eigenvalue weighted by molar-refractivity contribution is 5.46. The number of anilines is 1. The van der Waals surface area contributed by atoms with Crippen LogP contribution in [0.1, 0.15) is 12.6 Å². The molecule has 0 saturated carbocycles. The lowest BCUT2D eigenvalue weighted by atomic mass is 10.2. The minimum absolute atomic E-state index is 0.226. The van der Waals surface area contributed by atoms with Crippen molar-refractivity contribution in [3.8, 4) is 6.07 Å². The fraction of sp³-hybridized carbons (Fsp3) is 0.250. The van der Waals surface area contributed by atoms with Crippen LogP contribution in [-0.2, 0) is 6.54 Å². The van der Waals surface area contributed by atoms with Gasteiger partial charge in [-0.15, -0.1) is 0 Å². The number of nitriles is 1. The number of hydrogen-bond acceptors (Lipinski definition) is 4. The average Bonchev–Trinajstić information content (AvgIpc) is 2.82. The van der Waals surface area contributed by atoms with Gasteiger partial charge < -0.3 is 5.32 Å². The lowest BCUT2D eigenvalue weighted by Crippen LogP contribution is -2.22. The molecular weight excluding hydrogens is 214 g/mol. The summed E-state index contributed by atoms with van der Waals surface area (Å²) in [4.78, 5) is 3.92. The van der Waals surface area contributed by atoms with Crippen LogP contribution >= 0.6 is 0 Å². The SMILES string of the molecule is CC(Cn1cccn1)Nc1ccnc(C#N)c1. The molecule has 1 unspecified atom stereocenters. The second-order valence-corrected chi connectivity index (χ2v) is 3.82. The normalized spacial score (nSPS) is 11.8. The lowest BCUT2D eigenvalue weighted by molar-refractivity contribution is 0.561. The van der Waals surface area contributed by atoms with Gasteiger partial charge in [0.2, 0.25) is 0 Å². The smallest absolute Gasteiger partial charge is 0.142 e. The molecule has 2 aromatic heterocycles. The van der Waals surface area contributed by atoms with Crippen molar-refractivity contribution in [2.45, 2.75) is 19.5 Å². The van der Waals surface area contributed by atoms with Crippen molar-refractivity contribution in [2.75, 3.05) is 5.32 Å². The summed E-state index contributed by atoms with van der Waals surface area (Å²) in [5.41, 5.74) is 1.32. The third-order valence-electron chi connectivity index (χ3n) is 2.31. The van der Waals surface area contributed by atoms with E-state index in [2.05, 4.69) is 22.3 Å². The van der Waals surface area contributed by atoms with E-state index < -0.39 is 0 Å².